The molecule has 0 saturated heterocycles. The van der Waals surface area contributed by atoms with Crippen LogP contribution >= 0.6 is 11.3 Å². The molecular weight excluding hydrogens is 268 g/mol. The second-order valence-electron chi connectivity index (χ2n) is 3.63. The summed E-state index contributed by atoms with van der Waals surface area (Å²) < 4.78 is 0. The van der Waals surface area contributed by atoms with Crippen LogP contribution in [0.2, 0.25) is 0 Å². The Morgan fingerprint density at radius 1 is 1.32 bits per heavy atom. The van der Waals surface area contributed by atoms with Crippen molar-refractivity contribution >= 4 is 34.2 Å². The van der Waals surface area contributed by atoms with E-state index in [2.05, 4.69) is 20.8 Å². The van der Waals surface area contributed by atoms with E-state index in [4.69, 9.17) is 5.11 Å². The van der Waals surface area contributed by atoms with Gasteiger partial charge in [0.15, 0.2) is 0 Å². The molecule has 0 radical (unpaired) electrons. The number of aryl methyl sites for hydroxylation is 1. The van der Waals surface area contributed by atoms with Crippen molar-refractivity contribution in [3.8, 4) is 0 Å². The summed E-state index contributed by atoms with van der Waals surface area (Å²) in [6.07, 6.45) is 0. The summed E-state index contributed by atoms with van der Waals surface area (Å²) in [7, 11) is 0. The highest BCUT2D eigenvalue weighted by molar-refractivity contribution is 7.13. The summed E-state index contributed by atoms with van der Waals surface area (Å²) in [5.41, 5.74) is 2.34. The predicted octanol–water partition coefficient (Wildman–Crippen LogP) is 2.19. The Balaban J connectivity index is 2.17. The van der Waals surface area contributed by atoms with Gasteiger partial charge in [0, 0.05) is 0 Å². The molecule has 2 amide bonds. The van der Waals surface area contributed by atoms with Gasteiger partial charge >= 0.3 is 12.0 Å². The van der Waals surface area contributed by atoms with Gasteiger partial charge in [0.2, 0.25) is 5.13 Å². The first-order chi connectivity index (χ1) is 9.08. The summed E-state index contributed by atoms with van der Waals surface area (Å²) in [4.78, 5) is 22.8. The van der Waals surface area contributed by atoms with Gasteiger partial charge in [-0.3, -0.25) is 5.32 Å². The van der Waals surface area contributed by atoms with Crippen LogP contribution in [-0.4, -0.2) is 27.3 Å². The normalized spacial score (nSPS) is 9.95. The lowest BCUT2D eigenvalue weighted by molar-refractivity contribution is 0.0697. The van der Waals surface area contributed by atoms with Crippen molar-refractivity contribution in [3.05, 3.63) is 34.8 Å². The Morgan fingerprint density at radius 3 is 2.74 bits per heavy atom. The van der Waals surface area contributed by atoms with E-state index in [0.29, 0.717) is 10.7 Å². The topological polar surface area (TPSA) is 104 Å². The number of aromatic carboxylic acids is 1. The van der Waals surface area contributed by atoms with Crippen molar-refractivity contribution in [2.24, 2.45) is 0 Å². The molecule has 8 heteroatoms. The molecule has 0 aliphatic rings. The number of carbonyl (C=O) groups excluding carboxylic acids is 1. The minimum Gasteiger partial charge on any atom is -0.478 e. The zero-order chi connectivity index (χ0) is 13.8. The lowest BCUT2D eigenvalue weighted by Crippen LogP contribution is -2.21. The average Bonchev–Trinajstić information content (AvgIpc) is 2.81. The molecule has 19 heavy (non-hydrogen) atoms. The van der Waals surface area contributed by atoms with E-state index < -0.39 is 12.0 Å². The summed E-state index contributed by atoms with van der Waals surface area (Å²) in [6.45, 7) is 1.66. The maximum absolute atomic E-state index is 11.7. The zero-order valence-corrected chi connectivity index (χ0v) is 10.7. The molecule has 7 nitrogen and oxygen atoms in total. The van der Waals surface area contributed by atoms with Gasteiger partial charge in [-0.1, -0.05) is 23.5 Å². The molecule has 1 aromatic carbocycles. The minimum atomic E-state index is -1.09. The molecule has 0 atom stereocenters. The van der Waals surface area contributed by atoms with E-state index in [1.807, 2.05) is 0 Å². The first-order valence-corrected chi connectivity index (χ1v) is 6.13. The fourth-order valence-electron chi connectivity index (χ4n) is 1.53. The van der Waals surface area contributed by atoms with Gasteiger partial charge in [-0.25, -0.2) is 9.59 Å². The molecule has 98 valence electrons. The van der Waals surface area contributed by atoms with E-state index in [1.165, 1.54) is 11.6 Å². The van der Waals surface area contributed by atoms with Gasteiger partial charge in [0.1, 0.15) is 5.51 Å². The molecular formula is C11H10N4O3S. The van der Waals surface area contributed by atoms with Crippen molar-refractivity contribution in [1.29, 1.82) is 0 Å². The summed E-state index contributed by atoms with van der Waals surface area (Å²) in [5, 5.41) is 21.6. The molecule has 2 rings (SSSR count). The molecule has 0 unspecified atom stereocenters. The van der Waals surface area contributed by atoms with Gasteiger partial charge in [0.05, 0.1) is 11.3 Å². The number of nitrogens with one attached hydrogen (secondary N) is 2. The Hall–Kier alpha value is -2.48. The number of carboxylic acids is 1. The highest BCUT2D eigenvalue weighted by Crippen LogP contribution is 2.20. The molecule has 1 heterocycles. The SMILES string of the molecule is Cc1cccc(NC(=O)Nc2nncs2)c1C(=O)O. The van der Waals surface area contributed by atoms with Gasteiger partial charge in [0.25, 0.3) is 0 Å². The predicted molar refractivity (Wildman–Crippen MR) is 70.7 cm³/mol. The standard InChI is InChI=1S/C11H10N4O3S/c1-6-3-2-4-7(8(6)9(16)17)13-10(18)14-11-15-12-5-19-11/h2-5H,1H3,(H,16,17)(H2,13,14,15,18). The van der Waals surface area contributed by atoms with Crippen LogP contribution in [0.25, 0.3) is 0 Å². The average molecular weight is 278 g/mol. The maximum Gasteiger partial charge on any atom is 0.338 e. The molecule has 3 N–H and O–H groups in total. The van der Waals surface area contributed by atoms with Crippen molar-refractivity contribution in [1.82, 2.24) is 10.2 Å². The zero-order valence-electron chi connectivity index (χ0n) is 9.88. The van der Waals surface area contributed by atoms with Crippen LogP contribution in [0, 0.1) is 6.92 Å². The number of aromatic nitrogens is 2. The number of benzene rings is 1. The summed E-state index contributed by atoms with van der Waals surface area (Å²) in [6, 6.07) is 4.29. The molecule has 2 aromatic rings. The number of rotatable bonds is 3. The van der Waals surface area contributed by atoms with Gasteiger partial charge in [-0.2, -0.15) is 0 Å². The monoisotopic (exact) mass is 278 g/mol. The van der Waals surface area contributed by atoms with Crippen LogP contribution < -0.4 is 10.6 Å². The summed E-state index contributed by atoms with van der Waals surface area (Å²) >= 11 is 1.16. The van der Waals surface area contributed by atoms with E-state index >= 15 is 0 Å². The third-order valence-electron chi connectivity index (χ3n) is 2.32. The lowest BCUT2D eigenvalue weighted by atomic mass is 10.1. The van der Waals surface area contributed by atoms with E-state index in [9.17, 15) is 9.59 Å². The molecule has 0 aliphatic carbocycles. The highest BCUT2D eigenvalue weighted by Gasteiger charge is 2.15. The van der Waals surface area contributed by atoms with E-state index in [1.54, 1.807) is 19.1 Å². The fraction of sp³-hybridized carbons (Fsp3) is 0.0909. The quantitative estimate of drug-likeness (QED) is 0.798. The number of amides is 2. The minimum absolute atomic E-state index is 0.0647. The van der Waals surface area contributed by atoms with Crippen LogP contribution in [0.1, 0.15) is 15.9 Å². The van der Waals surface area contributed by atoms with Gasteiger partial charge in [-0.05, 0) is 18.6 Å². The van der Waals surface area contributed by atoms with Crippen LogP contribution in [0.5, 0.6) is 0 Å². The third kappa shape index (κ3) is 3.05. The second-order valence-corrected chi connectivity index (χ2v) is 4.46. The molecule has 0 fully saturated rings. The van der Waals surface area contributed by atoms with Gasteiger partial charge in [-0.15, -0.1) is 10.2 Å². The molecule has 0 spiro atoms. The number of carboxylic acid groups (broad SMARTS) is 1. The lowest BCUT2D eigenvalue weighted by Gasteiger charge is -2.10. The molecule has 0 saturated carbocycles. The first-order valence-electron chi connectivity index (χ1n) is 5.25. The largest absolute Gasteiger partial charge is 0.478 e. The van der Waals surface area contributed by atoms with E-state index in [-0.39, 0.29) is 11.3 Å². The Labute approximate surface area is 112 Å². The molecule has 0 bridgehead atoms. The smallest absolute Gasteiger partial charge is 0.338 e. The van der Waals surface area contributed by atoms with Crippen molar-refractivity contribution in [3.63, 3.8) is 0 Å². The Bertz CT molecular complexity index is 612. The maximum atomic E-state index is 11.7. The van der Waals surface area contributed by atoms with Crippen molar-refractivity contribution < 1.29 is 14.7 Å². The van der Waals surface area contributed by atoms with E-state index in [0.717, 1.165) is 11.3 Å². The number of carbonyl (C=O) groups is 2. The van der Waals surface area contributed by atoms with Crippen molar-refractivity contribution in [2.75, 3.05) is 10.6 Å². The first kappa shape index (κ1) is 13.0. The molecule has 0 aliphatic heterocycles. The van der Waals surface area contributed by atoms with Crippen LogP contribution in [-0.2, 0) is 0 Å². The number of urea groups is 1. The van der Waals surface area contributed by atoms with Crippen LogP contribution in [0.15, 0.2) is 23.7 Å². The number of hydrogen-bond acceptors (Lipinski definition) is 5. The second kappa shape index (κ2) is 5.44. The summed E-state index contributed by atoms with van der Waals surface area (Å²) in [5.74, 6) is -1.09. The van der Waals surface area contributed by atoms with Crippen LogP contribution in [0.4, 0.5) is 15.6 Å². The molecule has 1 aromatic heterocycles. The van der Waals surface area contributed by atoms with Crippen molar-refractivity contribution in [2.45, 2.75) is 6.92 Å². The third-order valence-corrected chi connectivity index (χ3v) is 2.92. The van der Waals surface area contributed by atoms with Gasteiger partial charge < -0.3 is 10.4 Å². The highest BCUT2D eigenvalue weighted by atomic mass is 32.1. The Kier molecular flexibility index (Phi) is 3.71. The number of anilines is 2. The number of hydrogen-bond donors (Lipinski definition) is 3. The fourth-order valence-corrected chi connectivity index (χ4v) is 1.97. The Morgan fingerprint density at radius 2 is 2.11 bits per heavy atom. The number of nitrogens with zero attached hydrogens (tertiary/aromatic N) is 2. The van der Waals surface area contributed by atoms with Crippen LogP contribution in [0.3, 0.4) is 0 Å².